The predicted molar refractivity (Wildman–Crippen MR) is 92.0 cm³/mol. The van der Waals surface area contributed by atoms with Crippen LogP contribution in [0.1, 0.15) is 38.7 Å². The molecule has 0 saturated carbocycles. The summed E-state index contributed by atoms with van der Waals surface area (Å²) in [6.07, 6.45) is 0.311. The van der Waals surface area contributed by atoms with E-state index in [0.717, 1.165) is 5.56 Å². The minimum atomic E-state index is -0.459. The van der Waals surface area contributed by atoms with E-state index in [1.54, 1.807) is 11.3 Å². The fraction of sp³-hybridized carbons (Fsp3) is 0.389. The summed E-state index contributed by atoms with van der Waals surface area (Å²) in [5.41, 5.74) is 8.85. The molecule has 0 bridgehead atoms. The molecule has 0 saturated heterocycles. The molecule has 0 radical (unpaired) electrons. The number of thiophene rings is 1. The summed E-state index contributed by atoms with van der Waals surface area (Å²) in [6.45, 7) is 6.05. The fourth-order valence-electron chi connectivity index (χ4n) is 2.30. The standard InChI is InChI=1S/C18H23NO2S/c1-18(2,3)21-17(20)10-16(11-19)14-6-4-13(5-7-14)15-8-9-22-12-15/h4-9,12,16H,10-11,19H2,1-3H3/t16-/m1/s1. The third-order valence-electron chi connectivity index (χ3n) is 3.35. The highest BCUT2D eigenvalue weighted by atomic mass is 32.1. The van der Waals surface area contributed by atoms with Gasteiger partial charge >= 0.3 is 5.97 Å². The summed E-state index contributed by atoms with van der Waals surface area (Å²) in [6, 6.07) is 10.4. The summed E-state index contributed by atoms with van der Waals surface area (Å²) < 4.78 is 5.38. The minimum absolute atomic E-state index is 0.00799. The topological polar surface area (TPSA) is 52.3 Å². The second-order valence-corrected chi connectivity index (χ2v) is 7.14. The highest BCUT2D eigenvalue weighted by Crippen LogP contribution is 2.26. The highest BCUT2D eigenvalue weighted by molar-refractivity contribution is 7.08. The van der Waals surface area contributed by atoms with Crippen molar-refractivity contribution in [3.05, 3.63) is 46.7 Å². The van der Waals surface area contributed by atoms with Crippen molar-refractivity contribution in [1.82, 2.24) is 0 Å². The summed E-state index contributed by atoms with van der Waals surface area (Å²) in [7, 11) is 0. The highest BCUT2D eigenvalue weighted by Gasteiger charge is 2.20. The van der Waals surface area contributed by atoms with Crippen molar-refractivity contribution in [3.63, 3.8) is 0 Å². The van der Waals surface area contributed by atoms with E-state index >= 15 is 0 Å². The van der Waals surface area contributed by atoms with Gasteiger partial charge in [0.2, 0.25) is 0 Å². The van der Waals surface area contributed by atoms with E-state index in [1.807, 2.05) is 20.8 Å². The van der Waals surface area contributed by atoms with Crippen molar-refractivity contribution < 1.29 is 9.53 Å². The van der Waals surface area contributed by atoms with Crippen LogP contribution in [0.5, 0.6) is 0 Å². The molecule has 2 rings (SSSR count). The van der Waals surface area contributed by atoms with E-state index in [0.29, 0.717) is 13.0 Å². The molecule has 0 amide bonds. The van der Waals surface area contributed by atoms with Crippen molar-refractivity contribution >= 4 is 17.3 Å². The Hall–Kier alpha value is -1.65. The third-order valence-corrected chi connectivity index (χ3v) is 4.04. The maximum absolute atomic E-state index is 12.0. The Labute approximate surface area is 136 Å². The van der Waals surface area contributed by atoms with E-state index in [4.69, 9.17) is 10.5 Å². The maximum Gasteiger partial charge on any atom is 0.306 e. The third kappa shape index (κ3) is 4.68. The van der Waals surface area contributed by atoms with Gasteiger partial charge in [-0.05, 0) is 60.8 Å². The van der Waals surface area contributed by atoms with E-state index in [2.05, 4.69) is 41.1 Å². The summed E-state index contributed by atoms with van der Waals surface area (Å²) in [4.78, 5) is 12.0. The van der Waals surface area contributed by atoms with Crippen LogP contribution in [0, 0.1) is 0 Å². The zero-order chi connectivity index (χ0) is 16.2. The zero-order valence-electron chi connectivity index (χ0n) is 13.3. The van der Waals surface area contributed by atoms with E-state index < -0.39 is 5.60 Å². The zero-order valence-corrected chi connectivity index (χ0v) is 14.2. The van der Waals surface area contributed by atoms with Gasteiger partial charge in [-0.3, -0.25) is 4.79 Å². The van der Waals surface area contributed by atoms with Crippen LogP contribution in [0.15, 0.2) is 41.1 Å². The fourth-order valence-corrected chi connectivity index (χ4v) is 2.96. The van der Waals surface area contributed by atoms with Gasteiger partial charge in [-0.15, -0.1) is 0 Å². The first kappa shape index (κ1) is 16.7. The number of hydrogen-bond acceptors (Lipinski definition) is 4. The molecule has 0 unspecified atom stereocenters. The number of benzene rings is 1. The van der Waals surface area contributed by atoms with Crippen molar-refractivity contribution in [1.29, 1.82) is 0 Å². The Morgan fingerprint density at radius 1 is 1.18 bits per heavy atom. The monoisotopic (exact) mass is 317 g/mol. The number of carbonyl (C=O) groups is 1. The molecule has 3 nitrogen and oxygen atoms in total. The molecule has 0 aliphatic carbocycles. The molecule has 1 aromatic heterocycles. The first-order valence-corrected chi connectivity index (χ1v) is 8.38. The number of esters is 1. The Kier molecular flexibility index (Phi) is 5.37. The number of carbonyl (C=O) groups excluding carboxylic acids is 1. The van der Waals surface area contributed by atoms with Gasteiger partial charge in [0, 0.05) is 5.92 Å². The molecule has 0 fully saturated rings. The lowest BCUT2D eigenvalue weighted by Crippen LogP contribution is -2.26. The summed E-state index contributed by atoms with van der Waals surface area (Å²) in [5, 5.41) is 4.19. The Balaban J connectivity index is 2.06. The molecular formula is C18H23NO2S. The van der Waals surface area contributed by atoms with Gasteiger partial charge in [-0.2, -0.15) is 11.3 Å². The molecule has 0 aliphatic rings. The van der Waals surface area contributed by atoms with Gasteiger partial charge < -0.3 is 10.5 Å². The lowest BCUT2D eigenvalue weighted by atomic mass is 9.94. The molecule has 2 aromatic rings. The van der Waals surface area contributed by atoms with Gasteiger partial charge in [0.05, 0.1) is 6.42 Å². The second-order valence-electron chi connectivity index (χ2n) is 6.36. The summed E-state index contributed by atoms with van der Waals surface area (Å²) >= 11 is 1.68. The minimum Gasteiger partial charge on any atom is -0.460 e. The van der Waals surface area contributed by atoms with Gasteiger partial charge in [0.1, 0.15) is 5.60 Å². The first-order valence-electron chi connectivity index (χ1n) is 7.43. The Morgan fingerprint density at radius 2 is 1.86 bits per heavy atom. The molecular weight excluding hydrogens is 294 g/mol. The van der Waals surface area contributed by atoms with Crippen LogP contribution in [0.4, 0.5) is 0 Å². The van der Waals surface area contributed by atoms with Crippen LogP contribution in [-0.2, 0) is 9.53 Å². The first-order chi connectivity index (χ1) is 10.4. The molecule has 1 heterocycles. The predicted octanol–water partition coefficient (Wildman–Crippen LogP) is 4.19. The van der Waals surface area contributed by atoms with E-state index in [-0.39, 0.29) is 11.9 Å². The van der Waals surface area contributed by atoms with Gasteiger partial charge in [0.15, 0.2) is 0 Å². The molecule has 22 heavy (non-hydrogen) atoms. The van der Waals surface area contributed by atoms with E-state index in [1.165, 1.54) is 11.1 Å². The van der Waals surface area contributed by atoms with Crippen LogP contribution in [-0.4, -0.2) is 18.1 Å². The van der Waals surface area contributed by atoms with Crippen molar-refractivity contribution in [3.8, 4) is 11.1 Å². The average Bonchev–Trinajstić information content (AvgIpc) is 2.97. The normalized spacial score (nSPS) is 12.9. The number of rotatable bonds is 5. The van der Waals surface area contributed by atoms with Crippen LogP contribution < -0.4 is 5.73 Å². The van der Waals surface area contributed by atoms with Crippen molar-refractivity contribution in [2.24, 2.45) is 5.73 Å². The Morgan fingerprint density at radius 3 is 2.36 bits per heavy atom. The largest absolute Gasteiger partial charge is 0.460 e. The quantitative estimate of drug-likeness (QED) is 0.841. The van der Waals surface area contributed by atoms with Gasteiger partial charge in [-0.1, -0.05) is 24.3 Å². The average molecular weight is 317 g/mol. The molecule has 2 N–H and O–H groups in total. The number of ether oxygens (including phenoxy) is 1. The second kappa shape index (κ2) is 7.07. The van der Waals surface area contributed by atoms with Crippen LogP contribution in [0.2, 0.25) is 0 Å². The van der Waals surface area contributed by atoms with E-state index in [9.17, 15) is 4.79 Å². The van der Waals surface area contributed by atoms with Gasteiger partial charge in [-0.25, -0.2) is 0 Å². The van der Waals surface area contributed by atoms with Gasteiger partial charge in [0.25, 0.3) is 0 Å². The molecule has 4 heteroatoms. The van der Waals surface area contributed by atoms with Crippen LogP contribution in [0.3, 0.4) is 0 Å². The Bertz CT molecular complexity index is 597. The molecule has 0 aliphatic heterocycles. The maximum atomic E-state index is 12.0. The number of hydrogen-bond donors (Lipinski definition) is 1. The summed E-state index contributed by atoms with van der Waals surface area (Å²) in [5.74, 6) is -0.212. The molecule has 118 valence electrons. The molecule has 0 spiro atoms. The van der Waals surface area contributed by atoms with Crippen molar-refractivity contribution in [2.75, 3.05) is 6.54 Å². The molecule has 1 atom stereocenters. The van der Waals surface area contributed by atoms with Crippen LogP contribution in [0.25, 0.3) is 11.1 Å². The smallest absolute Gasteiger partial charge is 0.306 e. The SMILES string of the molecule is CC(C)(C)OC(=O)C[C@H](CN)c1ccc(-c2ccsc2)cc1. The van der Waals surface area contributed by atoms with Crippen molar-refractivity contribution in [2.45, 2.75) is 38.7 Å². The lowest BCUT2D eigenvalue weighted by Gasteiger charge is -2.22. The lowest BCUT2D eigenvalue weighted by molar-refractivity contribution is -0.155. The number of nitrogens with two attached hydrogens (primary N) is 1. The molecule has 1 aromatic carbocycles. The van der Waals surface area contributed by atoms with Crippen LogP contribution >= 0.6 is 11.3 Å².